The van der Waals surface area contributed by atoms with Gasteiger partial charge in [-0.05, 0) is 70.6 Å². The van der Waals surface area contributed by atoms with Gasteiger partial charge in [0.2, 0.25) is 0 Å². The number of carbonyl (C=O) groups excluding carboxylic acids is 1. The maximum atomic E-state index is 14.0. The van der Waals surface area contributed by atoms with E-state index >= 15 is 0 Å². The molecule has 3 aromatic heterocycles. The number of pyridine rings is 2. The molecule has 8 nitrogen and oxygen atoms in total. The van der Waals surface area contributed by atoms with Crippen LogP contribution in [0.25, 0.3) is 21.8 Å². The number of benzene rings is 2. The summed E-state index contributed by atoms with van der Waals surface area (Å²) in [5.74, 6) is 0.230. The van der Waals surface area contributed by atoms with Crippen LogP contribution in [0, 0.1) is 0 Å². The molecule has 7 rings (SSSR count). The number of sulfone groups is 1. The molecule has 5 aromatic rings. The smallest absolute Gasteiger partial charge is 0.260 e. The van der Waals surface area contributed by atoms with E-state index in [4.69, 9.17) is 4.98 Å². The van der Waals surface area contributed by atoms with Gasteiger partial charge in [-0.3, -0.25) is 14.5 Å². The molecule has 10 heteroatoms. The molecule has 1 aliphatic carbocycles. The fourth-order valence-corrected chi connectivity index (χ4v) is 7.73. The molecule has 4 heterocycles. The standard InChI is InChI=1S/C29H24BrN5O3S/c1-34-26-21-9-5-17(13-24(21)33-28(30)22(26)15-32-34)16-35(25-4-2-3-19-11-12-39(37,38)27(19)25)29(36)20-8-10-23(31-14-20)18-6-7-18/h2-5,8-10,13-15,18H,6-7,11-12,16H2,1H3. The Morgan fingerprint density at radius 1 is 1.10 bits per heavy atom. The third kappa shape index (κ3) is 4.13. The second-order valence-electron chi connectivity index (χ2n) is 10.3. The third-order valence-corrected chi connectivity index (χ3v) is 10.1. The van der Waals surface area contributed by atoms with E-state index in [1.807, 2.05) is 48.1 Å². The molecule has 196 valence electrons. The minimum Gasteiger partial charge on any atom is -0.303 e. The monoisotopic (exact) mass is 601 g/mol. The zero-order valence-corrected chi connectivity index (χ0v) is 23.5. The highest BCUT2D eigenvalue weighted by Gasteiger charge is 2.33. The summed E-state index contributed by atoms with van der Waals surface area (Å²) in [6.45, 7) is 0.174. The van der Waals surface area contributed by atoms with E-state index in [1.54, 1.807) is 29.4 Å². The Bertz CT molecular complexity index is 1910. The van der Waals surface area contributed by atoms with Gasteiger partial charge in [0.15, 0.2) is 9.84 Å². The van der Waals surface area contributed by atoms with Gasteiger partial charge in [0.1, 0.15) is 4.60 Å². The Balaban J connectivity index is 1.34. The first-order chi connectivity index (χ1) is 18.8. The van der Waals surface area contributed by atoms with Crippen molar-refractivity contribution in [3.63, 3.8) is 0 Å². The van der Waals surface area contributed by atoms with Crippen LogP contribution in [-0.4, -0.2) is 39.8 Å². The van der Waals surface area contributed by atoms with E-state index in [2.05, 4.69) is 26.0 Å². The van der Waals surface area contributed by atoms with Crippen molar-refractivity contribution in [1.82, 2.24) is 19.7 Å². The minimum absolute atomic E-state index is 0.0492. The molecule has 1 fully saturated rings. The zero-order valence-electron chi connectivity index (χ0n) is 21.1. The normalized spacial score (nSPS) is 16.1. The first-order valence-electron chi connectivity index (χ1n) is 12.8. The summed E-state index contributed by atoms with van der Waals surface area (Å²) >= 11 is 3.56. The minimum atomic E-state index is -3.50. The molecule has 0 atom stereocenters. The fraction of sp³-hybridized carbons (Fsp3) is 0.241. The molecule has 0 N–H and O–H groups in total. The molecule has 0 saturated heterocycles. The lowest BCUT2D eigenvalue weighted by molar-refractivity contribution is 0.0984. The number of fused-ring (bicyclic) bond motifs is 4. The van der Waals surface area contributed by atoms with Gasteiger partial charge in [-0.15, -0.1) is 0 Å². The summed E-state index contributed by atoms with van der Waals surface area (Å²) in [5.41, 5.74) is 5.10. The summed E-state index contributed by atoms with van der Waals surface area (Å²) in [5, 5.41) is 6.23. The van der Waals surface area contributed by atoms with Crippen LogP contribution >= 0.6 is 15.9 Å². The molecule has 0 bridgehead atoms. The molecule has 0 unspecified atom stereocenters. The average Bonchev–Trinajstić information content (AvgIpc) is 3.64. The molecule has 1 saturated carbocycles. The summed E-state index contributed by atoms with van der Waals surface area (Å²) < 4.78 is 28.7. The first-order valence-corrected chi connectivity index (χ1v) is 15.3. The Kier molecular flexibility index (Phi) is 5.61. The average molecular weight is 603 g/mol. The molecule has 39 heavy (non-hydrogen) atoms. The van der Waals surface area contributed by atoms with Crippen molar-refractivity contribution < 1.29 is 13.2 Å². The van der Waals surface area contributed by atoms with E-state index in [0.717, 1.165) is 51.5 Å². The van der Waals surface area contributed by atoms with Gasteiger partial charge in [-0.2, -0.15) is 5.10 Å². The fourth-order valence-electron chi connectivity index (χ4n) is 5.49. The van der Waals surface area contributed by atoms with Crippen LogP contribution in [0.1, 0.15) is 45.9 Å². The third-order valence-electron chi connectivity index (χ3n) is 7.63. The number of rotatable bonds is 5. The van der Waals surface area contributed by atoms with E-state index in [9.17, 15) is 13.2 Å². The Hall–Kier alpha value is -3.63. The van der Waals surface area contributed by atoms with Crippen molar-refractivity contribution >= 4 is 59.2 Å². The lowest BCUT2D eigenvalue weighted by Gasteiger charge is -2.25. The van der Waals surface area contributed by atoms with Crippen LogP contribution in [0.4, 0.5) is 5.69 Å². The second kappa shape index (κ2) is 8.96. The van der Waals surface area contributed by atoms with Gasteiger partial charge in [-0.25, -0.2) is 13.4 Å². The number of hydrogen-bond donors (Lipinski definition) is 0. The van der Waals surface area contributed by atoms with Crippen LogP contribution in [0.2, 0.25) is 0 Å². The number of aryl methyl sites for hydroxylation is 2. The molecular formula is C29H24BrN5O3S. The van der Waals surface area contributed by atoms with E-state index in [-0.39, 0.29) is 23.1 Å². The van der Waals surface area contributed by atoms with Gasteiger partial charge in [0.25, 0.3) is 5.91 Å². The molecule has 1 aliphatic heterocycles. The van der Waals surface area contributed by atoms with Gasteiger partial charge in [-0.1, -0.05) is 24.3 Å². The molecule has 1 amide bonds. The molecule has 0 radical (unpaired) electrons. The van der Waals surface area contributed by atoms with Gasteiger partial charge in [0, 0.05) is 30.2 Å². The van der Waals surface area contributed by atoms with E-state index in [1.165, 1.54) is 0 Å². The van der Waals surface area contributed by atoms with Gasteiger partial charge >= 0.3 is 0 Å². The van der Waals surface area contributed by atoms with Crippen molar-refractivity contribution in [2.24, 2.45) is 7.05 Å². The topological polar surface area (TPSA) is 98.1 Å². The SMILES string of the molecule is Cn1ncc2c(Br)nc3cc(CN(C(=O)c4ccc(C5CC5)nc4)c4cccc5c4S(=O)(=O)CC5)ccc3c21. The van der Waals surface area contributed by atoms with Crippen molar-refractivity contribution in [2.75, 3.05) is 10.7 Å². The number of aromatic nitrogens is 4. The predicted molar refractivity (Wildman–Crippen MR) is 153 cm³/mol. The molecule has 2 aromatic carbocycles. The predicted octanol–water partition coefficient (Wildman–Crippen LogP) is 5.33. The van der Waals surface area contributed by atoms with Crippen LogP contribution in [0.15, 0.2) is 70.4 Å². The lowest BCUT2D eigenvalue weighted by Crippen LogP contribution is -2.31. The van der Waals surface area contributed by atoms with Gasteiger partial charge < -0.3 is 4.90 Å². The Morgan fingerprint density at radius 3 is 2.72 bits per heavy atom. The molecule has 2 aliphatic rings. The van der Waals surface area contributed by atoms with Crippen molar-refractivity contribution in [3.05, 3.63) is 87.9 Å². The van der Waals surface area contributed by atoms with Crippen LogP contribution in [0.5, 0.6) is 0 Å². The summed E-state index contributed by atoms with van der Waals surface area (Å²) in [7, 11) is -1.61. The molecular weight excluding hydrogens is 578 g/mol. The summed E-state index contributed by atoms with van der Waals surface area (Å²) in [4.78, 5) is 25.1. The Labute approximate surface area is 233 Å². The summed E-state index contributed by atoms with van der Waals surface area (Å²) in [6, 6.07) is 15.0. The van der Waals surface area contributed by atoms with Crippen molar-refractivity contribution in [1.29, 1.82) is 0 Å². The Morgan fingerprint density at radius 2 is 1.95 bits per heavy atom. The highest BCUT2D eigenvalue weighted by atomic mass is 79.9. The quantitative estimate of drug-likeness (QED) is 0.252. The summed E-state index contributed by atoms with van der Waals surface area (Å²) in [6.07, 6.45) is 6.08. The first kappa shape index (κ1) is 24.4. The number of halogens is 1. The van der Waals surface area contributed by atoms with Crippen LogP contribution < -0.4 is 4.90 Å². The highest BCUT2D eigenvalue weighted by molar-refractivity contribution is 9.10. The zero-order chi connectivity index (χ0) is 26.9. The maximum Gasteiger partial charge on any atom is 0.260 e. The number of hydrogen-bond acceptors (Lipinski definition) is 6. The van der Waals surface area contributed by atoms with Gasteiger partial charge in [0.05, 0.1) is 51.1 Å². The lowest BCUT2D eigenvalue weighted by atomic mass is 10.1. The van der Waals surface area contributed by atoms with Crippen LogP contribution in [0.3, 0.4) is 0 Å². The number of amides is 1. The van der Waals surface area contributed by atoms with Crippen molar-refractivity contribution in [2.45, 2.75) is 36.6 Å². The number of nitrogens with zero attached hydrogens (tertiary/aromatic N) is 5. The van der Waals surface area contributed by atoms with Crippen molar-refractivity contribution in [3.8, 4) is 0 Å². The van der Waals surface area contributed by atoms with E-state index in [0.29, 0.717) is 28.2 Å². The maximum absolute atomic E-state index is 14.0. The number of anilines is 1. The largest absolute Gasteiger partial charge is 0.303 e. The highest BCUT2D eigenvalue weighted by Crippen LogP contribution is 2.39. The second-order valence-corrected chi connectivity index (χ2v) is 13.1. The molecule has 0 spiro atoms. The van der Waals surface area contributed by atoms with Crippen LogP contribution in [-0.2, 0) is 29.9 Å². The number of carbonyl (C=O) groups is 1. The van der Waals surface area contributed by atoms with E-state index < -0.39 is 9.84 Å².